The first kappa shape index (κ1) is 24.0. The summed E-state index contributed by atoms with van der Waals surface area (Å²) in [6, 6.07) is 0. The number of hydrogen-bond donors (Lipinski definition) is 1. The molecule has 0 aromatic carbocycles. The van der Waals surface area contributed by atoms with Crippen molar-refractivity contribution < 1.29 is 28.8 Å². The van der Waals surface area contributed by atoms with Gasteiger partial charge in [0, 0.05) is 4.88 Å². The van der Waals surface area contributed by atoms with E-state index in [0.29, 0.717) is 17.0 Å². The molecule has 11 nitrogen and oxygen atoms in total. The molecule has 2 heterocycles. The van der Waals surface area contributed by atoms with Crippen LogP contribution in [0.15, 0.2) is 0 Å². The fourth-order valence-corrected chi connectivity index (χ4v) is 4.24. The lowest BCUT2D eigenvalue weighted by Gasteiger charge is -2.09. The number of nitro groups is 1. The second-order valence-corrected chi connectivity index (χ2v) is 7.78. The zero-order valence-corrected chi connectivity index (χ0v) is 18.8. The first-order valence-corrected chi connectivity index (χ1v) is 10.3. The first-order chi connectivity index (χ1) is 14.6. The number of carbonyl (C=O) groups is 3. The van der Waals surface area contributed by atoms with Crippen molar-refractivity contribution in [1.82, 2.24) is 9.78 Å². The summed E-state index contributed by atoms with van der Waals surface area (Å²) in [4.78, 5) is 48.0. The molecule has 0 saturated carbocycles. The Morgan fingerprint density at radius 1 is 1.19 bits per heavy atom. The van der Waals surface area contributed by atoms with Crippen LogP contribution >= 0.6 is 11.3 Å². The number of amides is 1. The summed E-state index contributed by atoms with van der Waals surface area (Å²) in [6.07, 6.45) is 0.593. The van der Waals surface area contributed by atoms with Crippen molar-refractivity contribution in [2.45, 2.75) is 47.6 Å². The topological polar surface area (TPSA) is 143 Å². The van der Waals surface area contributed by atoms with E-state index < -0.39 is 29.4 Å². The molecule has 31 heavy (non-hydrogen) atoms. The van der Waals surface area contributed by atoms with Crippen LogP contribution in [0, 0.1) is 30.9 Å². The zero-order chi connectivity index (χ0) is 23.3. The Bertz CT molecular complexity index is 1030. The summed E-state index contributed by atoms with van der Waals surface area (Å²) in [7, 11) is 0. The number of anilines is 1. The molecule has 2 rings (SSSR count). The average molecular weight is 452 g/mol. The normalized spacial score (nSPS) is 10.6. The SMILES string of the molecule is CCOC(=O)c1c(NC(=O)COC(=O)Cn2nc(C)c([N+](=O)[O-])c2C)sc(C)c1CC. The zero-order valence-electron chi connectivity index (χ0n) is 17.9. The van der Waals surface area contributed by atoms with Crippen LogP contribution < -0.4 is 5.32 Å². The van der Waals surface area contributed by atoms with Gasteiger partial charge in [-0.25, -0.2) is 4.79 Å². The van der Waals surface area contributed by atoms with E-state index in [1.807, 2.05) is 13.8 Å². The number of hydrogen-bond acceptors (Lipinski definition) is 9. The summed E-state index contributed by atoms with van der Waals surface area (Å²) in [5.74, 6) is -1.93. The summed E-state index contributed by atoms with van der Waals surface area (Å²) in [5.41, 5.74) is 1.32. The molecule has 1 amide bonds. The minimum atomic E-state index is -0.780. The molecule has 0 unspecified atom stereocenters. The van der Waals surface area contributed by atoms with E-state index in [2.05, 4.69) is 10.4 Å². The van der Waals surface area contributed by atoms with Gasteiger partial charge in [-0.2, -0.15) is 5.10 Å². The van der Waals surface area contributed by atoms with Gasteiger partial charge in [0.1, 0.15) is 22.9 Å². The van der Waals surface area contributed by atoms with Crippen molar-refractivity contribution in [2.75, 3.05) is 18.5 Å². The highest BCUT2D eigenvalue weighted by Gasteiger charge is 2.25. The molecule has 0 bridgehead atoms. The van der Waals surface area contributed by atoms with Crippen molar-refractivity contribution in [2.24, 2.45) is 0 Å². The third-order valence-corrected chi connectivity index (χ3v) is 5.53. The van der Waals surface area contributed by atoms with Crippen LogP contribution in [0.3, 0.4) is 0 Å². The molecule has 2 aromatic heterocycles. The molecule has 0 atom stereocenters. The predicted molar refractivity (Wildman–Crippen MR) is 112 cm³/mol. The lowest BCUT2D eigenvalue weighted by molar-refractivity contribution is -0.386. The molecule has 0 aliphatic carbocycles. The van der Waals surface area contributed by atoms with Gasteiger partial charge in [0.2, 0.25) is 0 Å². The molecule has 2 aromatic rings. The molecule has 168 valence electrons. The molecule has 1 N–H and O–H groups in total. The highest BCUT2D eigenvalue weighted by molar-refractivity contribution is 7.16. The molecule has 0 fully saturated rings. The van der Waals surface area contributed by atoms with Gasteiger partial charge >= 0.3 is 17.6 Å². The number of thiophene rings is 1. The number of esters is 2. The van der Waals surface area contributed by atoms with Crippen molar-refractivity contribution in [3.05, 3.63) is 37.5 Å². The maximum Gasteiger partial charge on any atom is 0.341 e. The summed E-state index contributed by atoms with van der Waals surface area (Å²) >= 11 is 1.24. The average Bonchev–Trinajstić information content (AvgIpc) is 3.15. The Labute approximate surface area is 182 Å². The van der Waals surface area contributed by atoms with Gasteiger partial charge in [0.25, 0.3) is 5.91 Å². The Morgan fingerprint density at radius 2 is 1.87 bits per heavy atom. The Hall–Kier alpha value is -3.28. The van der Waals surface area contributed by atoms with E-state index in [-0.39, 0.29) is 30.2 Å². The minimum Gasteiger partial charge on any atom is -0.462 e. The lowest BCUT2D eigenvalue weighted by atomic mass is 10.1. The van der Waals surface area contributed by atoms with Crippen molar-refractivity contribution in [3.8, 4) is 0 Å². The van der Waals surface area contributed by atoms with Gasteiger partial charge in [-0.05, 0) is 39.7 Å². The van der Waals surface area contributed by atoms with Crippen LogP contribution in [-0.2, 0) is 32.0 Å². The molecular weight excluding hydrogens is 428 g/mol. The maximum absolute atomic E-state index is 12.3. The molecule has 12 heteroatoms. The highest BCUT2D eigenvalue weighted by atomic mass is 32.1. The van der Waals surface area contributed by atoms with Crippen LogP contribution in [0.2, 0.25) is 0 Å². The Morgan fingerprint density at radius 3 is 2.42 bits per heavy atom. The monoisotopic (exact) mass is 452 g/mol. The molecule has 0 radical (unpaired) electrons. The second kappa shape index (κ2) is 10.2. The van der Waals surface area contributed by atoms with Crippen molar-refractivity contribution in [3.63, 3.8) is 0 Å². The van der Waals surface area contributed by atoms with Gasteiger partial charge < -0.3 is 14.8 Å². The Balaban J connectivity index is 2.03. The fraction of sp³-hybridized carbons (Fsp3) is 0.474. The van der Waals surface area contributed by atoms with Crippen molar-refractivity contribution in [1.29, 1.82) is 0 Å². The number of aryl methyl sites for hydroxylation is 2. The molecular formula is C19H24N4O7S. The third-order valence-electron chi connectivity index (χ3n) is 4.46. The quantitative estimate of drug-likeness (QED) is 0.347. The van der Waals surface area contributed by atoms with E-state index in [1.165, 1.54) is 25.2 Å². The van der Waals surface area contributed by atoms with E-state index in [4.69, 9.17) is 9.47 Å². The largest absolute Gasteiger partial charge is 0.462 e. The van der Waals surface area contributed by atoms with E-state index in [9.17, 15) is 24.5 Å². The summed E-state index contributed by atoms with van der Waals surface area (Å²) in [6.45, 7) is 7.61. The third kappa shape index (κ3) is 5.45. The summed E-state index contributed by atoms with van der Waals surface area (Å²) < 4.78 is 11.2. The van der Waals surface area contributed by atoms with Gasteiger partial charge in [-0.15, -0.1) is 11.3 Å². The highest BCUT2D eigenvalue weighted by Crippen LogP contribution is 2.34. The van der Waals surface area contributed by atoms with Crippen LogP contribution in [0.25, 0.3) is 0 Å². The van der Waals surface area contributed by atoms with Crippen LogP contribution in [0.5, 0.6) is 0 Å². The van der Waals surface area contributed by atoms with Gasteiger partial charge in [0.15, 0.2) is 6.61 Å². The number of rotatable bonds is 9. The standard InChI is InChI=1S/C19H24N4O7S/c1-6-13-12(5)31-18(16(13)19(26)29-7-2)20-14(24)9-30-15(25)8-22-11(4)17(23(27)28)10(3)21-22/h6-9H2,1-5H3,(H,20,24). The second-order valence-electron chi connectivity index (χ2n) is 6.56. The number of aromatic nitrogens is 2. The van der Waals surface area contributed by atoms with Crippen molar-refractivity contribution >= 4 is 39.9 Å². The Kier molecular flexibility index (Phi) is 7.86. The minimum absolute atomic E-state index is 0.170. The smallest absolute Gasteiger partial charge is 0.341 e. The van der Waals surface area contributed by atoms with Crippen LogP contribution in [0.4, 0.5) is 10.7 Å². The number of carbonyl (C=O) groups excluding carboxylic acids is 3. The van der Waals surface area contributed by atoms with Gasteiger partial charge in [0.05, 0.1) is 17.1 Å². The molecule has 0 aliphatic rings. The molecule has 0 saturated heterocycles. The maximum atomic E-state index is 12.3. The van der Waals surface area contributed by atoms with Gasteiger partial charge in [-0.3, -0.25) is 24.4 Å². The van der Waals surface area contributed by atoms with Crippen LogP contribution in [-0.4, -0.2) is 45.8 Å². The van der Waals surface area contributed by atoms with E-state index in [1.54, 1.807) is 6.92 Å². The number of ether oxygens (including phenoxy) is 2. The first-order valence-electron chi connectivity index (χ1n) is 9.53. The van der Waals surface area contributed by atoms with E-state index in [0.717, 1.165) is 15.1 Å². The number of nitrogens with zero attached hydrogens (tertiary/aromatic N) is 3. The fourth-order valence-electron chi connectivity index (χ4n) is 3.09. The lowest BCUT2D eigenvalue weighted by Crippen LogP contribution is -2.24. The number of nitrogens with one attached hydrogen (secondary N) is 1. The van der Waals surface area contributed by atoms with Crippen LogP contribution in [0.1, 0.15) is 46.0 Å². The molecule has 0 aliphatic heterocycles. The van der Waals surface area contributed by atoms with Gasteiger partial charge in [-0.1, -0.05) is 6.92 Å². The predicted octanol–water partition coefficient (Wildman–Crippen LogP) is 2.70. The summed E-state index contributed by atoms with van der Waals surface area (Å²) in [5, 5.41) is 17.9. The molecule has 0 spiro atoms. The van der Waals surface area contributed by atoms with E-state index >= 15 is 0 Å².